The van der Waals surface area contributed by atoms with Crippen LogP contribution in [0.1, 0.15) is 11.1 Å². The Morgan fingerprint density at radius 1 is 0.202 bits per heavy atom. The Morgan fingerprint density at radius 3 is 0.952 bits per heavy atom. The van der Waals surface area contributed by atoms with Crippen LogP contribution in [0.4, 0.5) is 0 Å². The predicted molar refractivity (Wildman–Crippen MR) is 508 cm³/mol. The molecule has 0 fully saturated rings. The summed E-state index contributed by atoms with van der Waals surface area (Å²) in [5.74, 6) is 1.33. The smallest absolute Gasteiger partial charge is 0.161 e. The fraction of sp³-hybridized carbons (Fsp3) is 0. The minimum Gasteiger partial charge on any atom is -0.456 e. The molecular weight excluding hydrogens is 1510 g/mol. The van der Waals surface area contributed by atoms with Crippen molar-refractivity contribution < 1.29 is 4.42 Å². The Hall–Kier alpha value is -17.0. The van der Waals surface area contributed by atoms with Crippen LogP contribution in [-0.4, -0.2) is 24.5 Å². The summed E-state index contributed by atoms with van der Waals surface area (Å²) in [5, 5.41) is 33.1. The third kappa shape index (κ3) is 11.5. The van der Waals surface area contributed by atoms with E-state index in [1.807, 2.05) is 72.8 Å². The number of hydrogen-bond acceptors (Lipinski definition) is 7. The average Bonchev–Trinajstić information content (AvgIpc) is 1.51. The lowest BCUT2D eigenvalue weighted by Gasteiger charge is -2.18. The molecule has 0 unspecified atom stereocenters. The molecule has 0 saturated heterocycles. The number of rotatable bonds is 11. The van der Waals surface area contributed by atoms with Gasteiger partial charge in [0.15, 0.2) is 11.6 Å². The number of hydrogen-bond donors (Lipinski definition) is 0. The monoisotopic (exact) mass is 1570 g/mol. The van der Waals surface area contributed by atoms with Gasteiger partial charge >= 0.3 is 0 Å². The van der Waals surface area contributed by atoms with Crippen molar-refractivity contribution in [2.24, 2.45) is 0 Å². The summed E-state index contributed by atoms with van der Waals surface area (Å²) < 4.78 is 8.66. The van der Waals surface area contributed by atoms with Crippen LogP contribution in [0.5, 0.6) is 0 Å². The average molecular weight is 1570 g/mol. The second-order valence-electron chi connectivity index (χ2n) is 31.9. The van der Waals surface area contributed by atoms with E-state index < -0.39 is 0 Å². The van der Waals surface area contributed by atoms with Gasteiger partial charge in [-0.1, -0.05) is 322 Å². The van der Waals surface area contributed by atoms with Crippen LogP contribution in [-0.2, 0) is 0 Å². The largest absolute Gasteiger partial charge is 0.456 e. The van der Waals surface area contributed by atoms with Crippen molar-refractivity contribution in [3.63, 3.8) is 0 Å². The van der Waals surface area contributed by atoms with Crippen molar-refractivity contribution in [3.8, 4) is 175 Å². The Bertz CT molecular complexity index is 8370. The van der Waals surface area contributed by atoms with Crippen LogP contribution in [0.2, 0.25) is 0 Å². The maximum atomic E-state index is 9.64. The zero-order valence-electron chi connectivity index (χ0n) is 66.7. The van der Waals surface area contributed by atoms with Gasteiger partial charge in [-0.2, -0.15) is 10.5 Å². The molecule has 19 aromatic carbocycles. The summed E-state index contributed by atoms with van der Waals surface area (Å²) in [6.07, 6.45) is 0. The molecule has 0 spiro atoms. The van der Waals surface area contributed by atoms with Gasteiger partial charge in [-0.25, -0.2) is 19.9 Å². The van der Waals surface area contributed by atoms with Crippen molar-refractivity contribution in [3.05, 3.63) is 418 Å². The quantitative estimate of drug-likeness (QED) is 0.127. The highest BCUT2D eigenvalue weighted by Crippen LogP contribution is 2.56. The van der Waals surface area contributed by atoms with Crippen LogP contribution in [0.15, 0.2) is 411 Å². The first-order chi connectivity index (χ1) is 61.4. The van der Waals surface area contributed by atoms with Gasteiger partial charge in [0, 0.05) is 60.6 Å². The van der Waals surface area contributed by atoms with Crippen molar-refractivity contribution in [2.75, 3.05) is 0 Å². The van der Waals surface area contributed by atoms with Crippen LogP contribution < -0.4 is 0 Å². The van der Waals surface area contributed by atoms with E-state index in [1.165, 1.54) is 87.9 Å². The lowest BCUT2D eigenvalue weighted by atomic mass is 9.86. The fourth-order valence-electron chi connectivity index (χ4n) is 19.5. The first-order valence-corrected chi connectivity index (χ1v) is 41.8. The zero-order valence-corrected chi connectivity index (χ0v) is 66.7. The molecule has 0 radical (unpaired) electrons. The van der Waals surface area contributed by atoms with Gasteiger partial charge in [0.05, 0.1) is 57.1 Å². The van der Waals surface area contributed by atoms with Gasteiger partial charge in [0.25, 0.3) is 0 Å². The molecule has 8 nitrogen and oxygen atoms in total. The number of furan rings is 1. The molecule has 2 aliphatic rings. The number of fused-ring (bicyclic) bond motifs is 14. The molecule has 0 bridgehead atoms. The summed E-state index contributed by atoms with van der Waals surface area (Å²) >= 11 is 0. The second kappa shape index (κ2) is 28.9. The Kier molecular flexibility index (Phi) is 16.6. The van der Waals surface area contributed by atoms with Crippen LogP contribution in [0.25, 0.3) is 249 Å². The van der Waals surface area contributed by atoms with E-state index in [4.69, 9.17) is 24.4 Å². The fourth-order valence-corrected chi connectivity index (χ4v) is 19.5. The summed E-state index contributed by atoms with van der Waals surface area (Å²) in [6, 6.07) is 148. The van der Waals surface area contributed by atoms with E-state index in [-0.39, 0.29) is 0 Å². The molecule has 0 N–H and O–H groups in total. The van der Waals surface area contributed by atoms with Crippen LogP contribution >= 0.6 is 0 Å². The molecule has 25 rings (SSSR count). The van der Waals surface area contributed by atoms with Gasteiger partial charge in [0.1, 0.15) is 11.2 Å². The number of aromatic nitrogens is 5. The molecule has 4 heterocycles. The molecular formula is C116H67N7O. The number of nitriles is 2. The molecule has 4 aromatic heterocycles. The third-order valence-corrected chi connectivity index (χ3v) is 25.2. The van der Waals surface area contributed by atoms with Gasteiger partial charge in [-0.15, -0.1) is 0 Å². The minimum absolute atomic E-state index is 0.644. The zero-order chi connectivity index (χ0) is 82.0. The van der Waals surface area contributed by atoms with Crippen LogP contribution in [0.3, 0.4) is 0 Å². The molecule has 0 saturated carbocycles. The highest BCUT2D eigenvalue weighted by Gasteiger charge is 2.30. The number of nitrogens with zero attached hydrogens (tertiary/aromatic N) is 7. The third-order valence-electron chi connectivity index (χ3n) is 25.2. The molecule has 0 aliphatic heterocycles. The Morgan fingerprint density at radius 2 is 0.508 bits per heavy atom. The molecule has 2 aliphatic carbocycles. The highest BCUT2D eigenvalue weighted by molar-refractivity contribution is 6.26. The SMILES string of the molecule is N#Cc1ccc(-c2ccc3c4c(ccc(-c5ccc(-c6nc(-c7ccccc7)cc(-c7ccc(-n8c9ccccc9c9ccccc98)cc7)n6)c6ccccc56)c24)-c2ccccc2-3)cc1.N#Cc1ccc(-c2ccc3c4c(ccc(-c5ccc(-c6nc(-c7ccccc7)cc(-c7cccc8oc9ccccc9c78)n6)c6ccccc56)c24)-c2ccccc2-3)cc1. The maximum absolute atomic E-state index is 9.64. The lowest BCUT2D eigenvalue weighted by Crippen LogP contribution is -1.98. The van der Waals surface area contributed by atoms with E-state index in [0.717, 1.165) is 150 Å². The Balaban J connectivity index is 0.000000140. The van der Waals surface area contributed by atoms with Gasteiger partial charge < -0.3 is 8.98 Å². The van der Waals surface area contributed by atoms with E-state index in [1.54, 1.807) is 0 Å². The summed E-state index contributed by atoms with van der Waals surface area (Å²) in [4.78, 5) is 21.4. The minimum atomic E-state index is 0.644. The molecule has 0 amide bonds. The first-order valence-electron chi connectivity index (χ1n) is 41.8. The van der Waals surface area contributed by atoms with E-state index in [2.05, 4.69) is 350 Å². The van der Waals surface area contributed by atoms with Crippen LogP contribution in [0, 0.1) is 22.7 Å². The van der Waals surface area contributed by atoms with Gasteiger partial charge in [-0.05, 0) is 217 Å². The van der Waals surface area contributed by atoms with E-state index >= 15 is 0 Å². The van der Waals surface area contributed by atoms with Crippen molar-refractivity contribution in [1.29, 1.82) is 10.5 Å². The number of benzene rings is 19. The molecule has 8 heteroatoms. The summed E-state index contributed by atoms with van der Waals surface area (Å²) in [6.45, 7) is 0. The first kappa shape index (κ1) is 71.1. The van der Waals surface area contributed by atoms with Crippen molar-refractivity contribution in [2.45, 2.75) is 0 Å². The maximum Gasteiger partial charge on any atom is 0.161 e. The van der Waals surface area contributed by atoms with Gasteiger partial charge in [0.2, 0.25) is 0 Å². The van der Waals surface area contributed by atoms with E-state index in [9.17, 15) is 10.5 Å². The molecule has 0 atom stereocenters. The Labute approximate surface area is 713 Å². The predicted octanol–water partition coefficient (Wildman–Crippen LogP) is 30.3. The topological polar surface area (TPSA) is 117 Å². The van der Waals surface area contributed by atoms with E-state index in [0.29, 0.717) is 22.8 Å². The molecule has 23 aromatic rings. The molecule has 572 valence electrons. The summed E-state index contributed by atoms with van der Waals surface area (Å²) in [7, 11) is 0. The highest BCUT2D eigenvalue weighted by atomic mass is 16.3. The standard InChI is InChI=1S/C61H36N4.C55H31N3O/c62-37-38-22-24-39(25-23-38)43-30-32-51-45-15-5-6-16-46(45)52-33-34-53(59(43)60(51)52)48-31-35-54(47-17-7-4-14-44(47)48)61-63-55(40-12-2-1-3-13-40)36-56(64-61)41-26-28-42(29-27-41)65-57-20-10-8-18-49(57)50-19-9-11-21-58(50)65;56-32-33-21-23-34(24-22-33)36-25-27-42-38-14-5-6-15-39(38)43-28-29-44(53(36)54(42)43)41-26-30-45(40-16-7-4-13-37(40)41)55-57-48(35-11-2-1-3-12-35)31-49(58-55)46-18-10-20-51-52(46)47-17-8-9-19-50(47)59-51/h1-36H;1-31H. The second-order valence-corrected chi connectivity index (χ2v) is 31.9. The summed E-state index contributed by atoms with van der Waals surface area (Å²) in [5.41, 5.74) is 34.8. The van der Waals surface area contributed by atoms with Gasteiger partial charge in [-0.3, -0.25) is 0 Å². The normalized spacial score (nSPS) is 11.7. The number of para-hydroxylation sites is 3. The lowest BCUT2D eigenvalue weighted by molar-refractivity contribution is 0.669. The van der Waals surface area contributed by atoms with Crippen molar-refractivity contribution >= 4 is 86.8 Å². The molecule has 124 heavy (non-hydrogen) atoms. The van der Waals surface area contributed by atoms with Crippen molar-refractivity contribution in [1.82, 2.24) is 24.5 Å².